The molecule has 0 unspecified atom stereocenters. The van der Waals surface area contributed by atoms with Crippen LogP contribution in [0, 0.1) is 3.57 Å². The highest BCUT2D eigenvalue weighted by Crippen LogP contribution is 2.19. The summed E-state index contributed by atoms with van der Waals surface area (Å²) < 4.78 is 2.22. The molecule has 0 spiro atoms. The molecule has 70 valence electrons. The van der Waals surface area contributed by atoms with E-state index in [1.54, 1.807) is 7.11 Å². The van der Waals surface area contributed by atoms with E-state index in [0.29, 0.717) is 0 Å². The maximum absolute atomic E-state index is 4.72. The Labute approximate surface area is 99.6 Å². The summed E-state index contributed by atoms with van der Waals surface area (Å²) >= 11 is 5.69. The van der Waals surface area contributed by atoms with Crippen LogP contribution in [0.2, 0.25) is 0 Å². The fourth-order valence-corrected chi connectivity index (χ4v) is 2.05. The summed E-state index contributed by atoms with van der Waals surface area (Å²) in [6, 6.07) is 6.07. The fourth-order valence-electron chi connectivity index (χ4n) is 0.961. The molecule has 0 aliphatic rings. The molecule has 2 nitrogen and oxygen atoms in total. The molecule has 1 rings (SSSR count). The van der Waals surface area contributed by atoms with Gasteiger partial charge in [0.2, 0.25) is 0 Å². The fraction of sp³-hybridized carbons (Fsp3) is 0.222. The number of rotatable bonds is 2. The zero-order valence-corrected chi connectivity index (χ0v) is 11.1. The molecule has 0 aliphatic heterocycles. The van der Waals surface area contributed by atoms with Crippen LogP contribution in [-0.4, -0.2) is 12.8 Å². The van der Waals surface area contributed by atoms with Crippen molar-refractivity contribution in [2.75, 3.05) is 7.11 Å². The van der Waals surface area contributed by atoms with Crippen molar-refractivity contribution in [3.05, 3.63) is 31.8 Å². The van der Waals surface area contributed by atoms with E-state index in [9.17, 15) is 0 Å². The van der Waals surface area contributed by atoms with Gasteiger partial charge in [-0.3, -0.25) is 0 Å². The van der Waals surface area contributed by atoms with Crippen LogP contribution in [-0.2, 0) is 4.84 Å². The molecule has 0 heterocycles. The van der Waals surface area contributed by atoms with Crippen molar-refractivity contribution in [2.45, 2.75) is 6.92 Å². The van der Waals surface area contributed by atoms with Gasteiger partial charge in [-0.25, -0.2) is 0 Å². The van der Waals surface area contributed by atoms with Crippen LogP contribution in [0.15, 0.2) is 27.8 Å². The zero-order chi connectivity index (χ0) is 9.84. The predicted molar refractivity (Wildman–Crippen MR) is 66.1 cm³/mol. The summed E-state index contributed by atoms with van der Waals surface area (Å²) in [7, 11) is 1.55. The Morgan fingerprint density at radius 1 is 1.54 bits per heavy atom. The molecule has 0 amide bonds. The van der Waals surface area contributed by atoms with Gasteiger partial charge in [0, 0.05) is 13.6 Å². The maximum Gasteiger partial charge on any atom is 0.106 e. The molecule has 0 saturated heterocycles. The van der Waals surface area contributed by atoms with E-state index in [-0.39, 0.29) is 0 Å². The Balaban J connectivity index is 3.13. The smallest absolute Gasteiger partial charge is 0.106 e. The summed E-state index contributed by atoms with van der Waals surface area (Å²) in [4.78, 5) is 4.72. The second kappa shape index (κ2) is 4.95. The third-order valence-corrected chi connectivity index (χ3v) is 2.98. The van der Waals surface area contributed by atoms with Gasteiger partial charge in [0.15, 0.2) is 0 Å². The van der Waals surface area contributed by atoms with Crippen LogP contribution in [0.1, 0.15) is 12.5 Å². The first-order chi connectivity index (χ1) is 6.15. The van der Waals surface area contributed by atoms with E-state index in [1.807, 2.05) is 25.1 Å². The lowest BCUT2D eigenvalue weighted by molar-refractivity contribution is 0.213. The number of benzene rings is 1. The lowest BCUT2D eigenvalue weighted by atomic mass is 10.1. The summed E-state index contributed by atoms with van der Waals surface area (Å²) in [5.41, 5.74) is 1.98. The molecule has 0 aliphatic carbocycles. The molecule has 0 radical (unpaired) electrons. The molecular weight excluding hydrogens is 345 g/mol. The second-order valence-electron chi connectivity index (χ2n) is 2.48. The molecule has 4 heteroatoms. The average Bonchev–Trinajstić information content (AvgIpc) is 2.09. The first-order valence-electron chi connectivity index (χ1n) is 3.68. The third kappa shape index (κ3) is 2.95. The van der Waals surface area contributed by atoms with E-state index in [0.717, 1.165) is 15.7 Å². The highest BCUT2D eigenvalue weighted by molar-refractivity contribution is 14.1. The first-order valence-corrected chi connectivity index (χ1v) is 5.55. The Bertz CT molecular complexity index is 338. The van der Waals surface area contributed by atoms with E-state index >= 15 is 0 Å². The van der Waals surface area contributed by atoms with Crippen LogP contribution < -0.4 is 0 Å². The maximum atomic E-state index is 4.72. The summed E-state index contributed by atoms with van der Waals surface area (Å²) in [6.45, 7) is 1.92. The first kappa shape index (κ1) is 11.0. The van der Waals surface area contributed by atoms with Crippen LogP contribution >= 0.6 is 38.5 Å². The van der Waals surface area contributed by atoms with Gasteiger partial charge in [-0.2, -0.15) is 0 Å². The van der Waals surface area contributed by atoms with Gasteiger partial charge < -0.3 is 4.84 Å². The SMILES string of the molecule is CO/N=C(\C)c1cc(Br)ccc1I. The van der Waals surface area contributed by atoms with Crippen molar-refractivity contribution in [2.24, 2.45) is 5.16 Å². The van der Waals surface area contributed by atoms with Crippen molar-refractivity contribution in [3.8, 4) is 0 Å². The highest BCUT2D eigenvalue weighted by Gasteiger charge is 2.03. The standard InChI is InChI=1S/C9H9BrINO/c1-6(12-13-2)8-5-7(10)3-4-9(8)11/h3-5H,1-2H3/b12-6+. The Kier molecular flexibility index (Phi) is 4.18. The number of hydrogen-bond acceptors (Lipinski definition) is 2. The van der Waals surface area contributed by atoms with Gasteiger partial charge in [0.25, 0.3) is 0 Å². The molecule has 1 aromatic rings. The molecular formula is C9H9BrINO. The zero-order valence-electron chi connectivity index (χ0n) is 7.34. The van der Waals surface area contributed by atoms with Gasteiger partial charge >= 0.3 is 0 Å². The van der Waals surface area contributed by atoms with Crippen LogP contribution in [0.5, 0.6) is 0 Å². The molecule has 0 bridgehead atoms. The third-order valence-electron chi connectivity index (χ3n) is 1.55. The molecule has 13 heavy (non-hydrogen) atoms. The van der Waals surface area contributed by atoms with Crippen LogP contribution in [0.25, 0.3) is 0 Å². The second-order valence-corrected chi connectivity index (χ2v) is 4.56. The molecule has 0 fully saturated rings. The number of halogens is 2. The minimum atomic E-state index is 0.883. The lowest BCUT2D eigenvalue weighted by Gasteiger charge is -2.03. The Hall–Kier alpha value is -0.100. The van der Waals surface area contributed by atoms with E-state index in [4.69, 9.17) is 4.84 Å². The molecule has 0 saturated carbocycles. The minimum absolute atomic E-state index is 0.883. The van der Waals surface area contributed by atoms with Crippen molar-refractivity contribution < 1.29 is 4.84 Å². The minimum Gasteiger partial charge on any atom is -0.399 e. The van der Waals surface area contributed by atoms with Crippen molar-refractivity contribution in [1.82, 2.24) is 0 Å². The van der Waals surface area contributed by atoms with Gasteiger partial charge in [-0.1, -0.05) is 21.1 Å². The van der Waals surface area contributed by atoms with E-state index in [1.165, 1.54) is 3.57 Å². The summed E-state index contributed by atoms with van der Waals surface area (Å²) in [5.74, 6) is 0. The quantitative estimate of drug-likeness (QED) is 0.453. The normalized spacial score (nSPS) is 11.5. The topological polar surface area (TPSA) is 21.6 Å². The molecule has 0 aromatic heterocycles. The number of nitrogens with zero attached hydrogens (tertiary/aromatic N) is 1. The highest BCUT2D eigenvalue weighted by atomic mass is 127. The lowest BCUT2D eigenvalue weighted by Crippen LogP contribution is -1.98. The van der Waals surface area contributed by atoms with Gasteiger partial charge in [0.1, 0.15) is 7.11 Å². The Morgan fingerprint density at radius 3 is 2.85 bits per heavy atom. The number of oxime groups is 1. The van der Waals surface area contributed by atoms with E-state index < -0.39 is 0 Å². The average molecular weight is 354 g/mol. The largest absolute Gasteiger partial charge is 0.399 e. The van der Waals surface area contributed by atoms with Crippen LogP contribution in [0.3, 0.4) is 0 Å². The molecule has 0 atom stereocenters. The van der Waals surface area contributed by atoms with Crippen molar-refractivity contribution in [3.63, 3.8) is 0 Å². The monoisotopic (exact) mass is 353 g/mol. The van der Waals surface area contributed by atoms with Gasteiger partial charge in [0.05, 0.1) is 5.71 Å². The van der Waals surface area contributed by atoms with Crippen molar-refractivity contribution >= 4 is 44.2 Å². The van der Waals surface area contributed by atoms with E-state index in [2.05, 4.69) is 43.7 Å². The molecule has 0 N–H and O–H groups in total. The molecule has 1 aromatic carbocycles. The van der Waals surface area contributed by atoms with Gasteiger partial charge in [-0.05, 0) is 47.7 Å². The van der Waals surface area contributed by atoms with Crippen molar-refractivity contribution in [1.29, 1.82) is 0 Å². The summed E-state index contributed by atoms with van der Waals surface area (Å²) in [6.07, 6.45) is 0. The predicted octanol–water partition coefficient (Wildman–Crippen LogP) is 3.42. The Morgan fingerprint density at radius 2 is 2.23 bits per heavy atom. The summed E-state index contributed by atoms with van der Waals surface area (Å²) in [5, 5.41) is 3.89. The van der Waals surface area contributed by atoms with Gasteiger partial charge in [-0.15, -0.1) is 0 Å². The van der Waals surface area contributed by atoms with Crippen LogP contribution in [0.4, 0.5) is 0 Å². The number of hydrogen-bond donors (Lipinski definition) is 0.